The molecule has 0 fully saturated rings. The number of carboxylic acid groups (broad SMARTS) is 1. The Balaban J connectivity index is 2.11. The summed E-state index contributed by atoms with van der Waals surface area (Å²) in [6.45, 7) is 2.06. The van der Waals surface area contributed by atoms with Crippen LogP contribution >= 0.6 is 0 Å². The van der Waals surface area contributed by atoms with Crippen LogP contribution in [0.25, 0.3) is 0 Å². The molecule has 2 aromatic rings. The Morgan fingerprint density at radius 3 is 2.71 bits per heavy atom. The second-order valence-electron chi connectivity index (χ2n) is 4.41. The number of aromatic nitrogens is 1. The molecule has 0 saturated heterocycles. The van der Waals surface area contributed by atoms with E-state index in [0.29, 0.717) is 17.9 Å². The van der Waals surface area contributed by atoms with Crippen LogP contribution in [0.5, 0.6) is 0 Å². The Morgan fingerprint density at radius 1 is 1.38 bits per heavy atom. The van der Waals surface area contributed by atoms with Crippen LogP contribution in [0.15, 0.2) is 36.5 Å². The predicted octanol–water partition coefficient (Wildman–Crippen LogP) is 2.61. The molecule has 1 aromatic heterocycles. The number of nitrogens with one attached hydrogen (secondary N) is 1. The smallest absolute Gasteiger partial charge is 0.337 e. The van der Waals surface area contributed by atoms with Crippen molar-refractivity contribution in [3.8, 4) is 0 Å². The van der Waals surface area contributed by atoms with Gasteiger partial charge in [0.2, 0.25) is 0 Å². The highest BCUT2D eigenvalue weighted by Crippen LogP contribution is 2.21. The monoisotopic (exact) mass is 287 g/mol. The van der Waals surface area contributed by atoms with E-state index in [1.807, 2.05) is 0 Å². The number of hydrogen-bond acceptors (Lipinski definition) is 5. The van der Waals surface area contributed by atoms with Gasteiger partial charge in [-0.3, -0.25) is 10.1 Å². The fourth-order valence-corrected chi connectivity index (χ4v) is 1.87. The summed E-state index contributed by atoms with van der Waals surface area (Å²) >= 11 is 0. The van der Waals surface area contributed by atoms with Crippen LogP contribution < -0.4 is 5.32 Å². The van der Waals surface area contributed by atoms with Gasteiger partial charge in [0.05, 0.1) is 10.5 Å². The Morgan fingerprint density at radius 2 is 2.14 bits per heavy atom. The molecule has 0 amide bonds. The minimum absolute atomic E-state index is 0.0727. The van der Waals surface area contributed by atoms with Gasteiger partial charge in [0, 0.05) is 24.4 Å². The van der Waals surface area contributed by atoms with Gasteiger partial charge in [-0.1, -0.05) is 12.1 Å². The number of hydrogen-bond donors (Lipinski definition) is 2. The lowest BCUT2D eigenvalue weighted by molar-refractivity contribution is -0.385. The number of benzene rings is 1. The molecule has 21 heavy (non-hydrogen) atoms. The van der Waals surface area contributed by atoms with E-state index in [1.165, 1.54) is 18.3 Å². The third kappa shape index (κ3) is 3.33. The Hall–Kier alpha value is -2.96. The van der Waals surface area contributed by atoms with Crippen molar-refractivity contribution in [2.24, 2.45) is 0 Å². The number of nitro groups is 1. The molecule has 0 aliphatic heterocycles. The number of rotatable bonds is 5. The molecule has 7 heteroatoms. The average Bonchev–Trinajstić information content (AvgIpc) is 2.46. The molecule has 0 atom stereocenters. The lowest BCUT2D eigenvalue weighted by Gasteiger charge is -2.08. The fourth-order valence-electron chi connectivity index (χ4n) is 1.87. The molecule has 0 bridgehead atoms. The summed E-state index contributed by atoms with van der Waals surface area (Å²) < 4.78 is 0. The molecular weight excluding hydrogens is 274 g/mol. The van der Waals surface area contributed by atoms with Crippen molar-refractivity contribution in [1.29, 1.82) is 0 Å². The summed E-state index contributed by atoms with van der Waals surface area (Å²) in [5.74, 6) is -0.533. The maximum Gasteiger partial charge on any atom is 0.337 e. The molecule has 7 nitrogen and oxygen atoms in total. The predicted molar refractivity (Wildman–Crippen MR) is 76.4 cm³/mol. The zero-order valence-corrected chi connectivity index (χ0v) is 11.2. The van der Waals surface area contributed by atoms with Gasteiger partial charge >= 0.3 is 5.97 Å². The zero-order chi connectivity index (χ0) is 15.4. The minimum atomic E-state index is -1.04. The largest absolute Gasteiger partial charge is 0.478 e. The van der Waals surface area contributed by atoms with E-state index in [2.05, 4.69) is 10.3 Å². The van der Waals surface area contributed by atoms with Crippen LogP contribution in [0.1, 0.15) is 21.5 Å². The summed E-state index contributed by atoms with van der Waals surface area (Å²) in [5.41, 5.74) is 1.56. The van der Waals surface area contributed by atoms with Gasteiger partial charge in [-0.25, -0.2) is 9.78 Å². The summed E-state index contributed by atoms with van der Waals surface area (Å²) in [5, 5.41) is 22.7. The second kappa shape index (κ2) is 6.00. The van der Waals surface area contributed by atoms with E-state index in [-0.39, 0.29) is 11.3 Å². The molecule has 0 radical (unpaired) electrons. The molecule has 2 rings (SSSR count). The fraction of sp³-hybridized carbons (Fsp3) is 0.143. The Bertz CT molecular complexity index is 683. The maximum atomic E-state index is 10.9. The third-order valence-electron chi connectivity index (χ3n) is 3.08. The molecule has 2 N–H and O–H groups in total. The average molecular weight is 287 g/mol. The lowest BCUT2D eigenvalue weighted by Crippen LogP contribution is -2.05. The van der Waals surface area contributed by atoms with Gasteiger partial charge in [0.15, 0.2) is 0 Å². The molecule has 0 unspecified atom stereocenters. The van der Waals surface area contributed by atoms with Gasteiger partial charge in [-0.05, 0) is 24.6 Å². The molecule has 0 aliphatic carbocycles. The van der Waals surface area contributed by atoms with Crippen LogP contribution in [-0.4, -0.2) is 21.0 Å². The van der Waals surface area contributed by atoms with Crippen molar-refractivity contribution in [1.82, 2.24) is 4.98 Å². The maximum absolute atomic E-state index is 10.9. The van der Waals surface area contributed by atoms with Gasteiger partial charge in [0.25, 0.3) is 5.69 Å². The van der Waals surface area contributed by atoms with Crippen LogP contribution in [0.3, 0.4) is 0 Å². The Kier molecular flexibility index (Phi) is 4.13. The molecule has 0 saturated carbocycles. The topological polar surface area (TPSA) is 105 Å². The SMILES string of the molecule is Cc1c(CNc2ccc(C(=O)O)cn2)cccc1[N+](=O)[O-]. The molecule has 0 aliphatic rings. The number of nitro benzene ring substituents is 1. The van der Waals surface area contributed by atoms with Gasteiger partial charge in [-0.15, -0.1) is 0 Å². The first-order chi connectivity index (χ1) is 9.99. The van der Waals surface area contributed by atoms with E-state index >= 15 is 0 Å². The van der Waals surface area contributed by atoms with Gasteiger partial charge < -0.3 is 10.4 Å². The quantitative estimate of drug-likeness (QED) is 0.646. The highest BCUT2D eigenvalue weighted by Gasteiger charge is 2.12. The first-order valence-corrected chi connectivity index (χ1v) is 6.15. The van der Waals surface area contributed by atoms with Crippen molar-refractivity contribution in [3.05, 3.63) is 63.3 Å². The number of carbonyl (C=O) groups is 1. The number of nitrogens with zero attached hydrogens (tertiary/aromatic N) is 2. The number of carboxylic acids is 1. The van der Waals surface area contributed by atoms with Crippen LogP contribution in [0.4, 0.5) is 11.5 Å². The van der Waals surface area contributed by atoms with Gasteiger partial charge in [0.1, 0.15) is 5.82 Å². The zero-order valence-electron chi connectivity index (χ0n) is 11.2. The number of pyridine rings is 1. The van der Waals surface area contributed by atoms with Crippen LogP contribution in [-0.2, 0) is 6.54 Å². The summed E-state index contributed by atoms with van der Waals surface area (Å²) in [4.78, 5) is 25.1. The molecule has 108 valence electrons. The third-order valence-corrected chi connectivity index (χ3v) is 3.08. The number of aromatic carboxylic acids is 1. The highest BCUT2D eigenvalue weighted by atomic mass is 16.6. The molecule has 1 aromatic carbocycles. The minimum Gasteiger partial charge on any atom is -0.478 e. The standard InChI is InChI=1S/C14H13N3O4/c1-9-10(3-2-4-12(9)17(20)21)7-15-13-6-5-11(8-16-13)14(18)19/h2-6,8H,7H2,1H3,(H,15,16)(H,18,19). The first-order valence-electron chi connectivity index (χ1n) is 6.15. The van der Waals surface area contributed by atoms with Crippen LogP contribution in [0.2, 0.25) is 0 Å². The lowest BCUT2D eigenvalue weighted by atomic mass is 10.1. The van der Waals surface area contributed by atoms with Crippen molar-refractivity contribution >= 4 is 17.5 Å². The van der Waals surface area contributed by atoms with E-state index in [0.717, 1.165) is 5.56 Å². The molecular formula is C14H13N3O4. The van der Waals surface area contributed by atoms with E-state index in [1.54, 1.807) is 25.1 Å². The highest BCUT2D eigenvalue weighted by molar-refractivity contribution is 5.87. The Labute approximate surface area is 120 Å². The van der Waals surface area contributed by atoms with Crippen molar-refractivity contribution in [2.45, 2.75) is 13.5 Å². The van der Waals surface area contributed by atoms with Crippen molar-refractivity contribution < 1.29 is 14.8 Å². The van der Waals surface area contributed by atoms with E-state index in [4.69, 9.17) is 5.11 Å². The van der Waals surface area contributed by atoms with Gasteiger partial charge in [-0.2, -0.15) is 0 Å². The molecule has 0 spiro atoms. The normalized spacial score (nSPS) is 10.1. The van der Waals surface area contributed by atoms with E-state index in [9.17, 15) is 14.9 Å². The van der Waals surface area contributed by atoms with Crippen molar-refractivity contribution in [2.75, 3.05) is 5.32 Å². The summed E-state index contributed by atoms with van der Waals surface area (Å²) in [7, 11) is 0. The van der Waals surface area contributed by atoms with Crippen LogP contribution in [0, 0.1) is 17.0 Å². The molecule has 1 heterocycles. The van der Waals surface area contributed by atoms with E-state index < -0.39 is 10.9 Å². The first kappa shape index (κ1) is 14.4. The summed E-state index contributed by atoms with van der Waals surface area (Å²) in [6, 6.07) is 7.87. The van der Waals surface area contributed by atoms with Crippen molar-refractivity contribution in [3.63, 3.8) is 0 Å². The summed E-state index contributed by atoms with van der Waals surface area (Å²) in [6.07, 6.45) is 1.25. The number of anilines is 1. The second-order valence-corrected chi connectivity index (χ2v) is 4.41.